The Morgan fingerprint density at radius 3 is 2.71 bits per heavy atom. The molecule has 0 aliphatic carbocycles. The molecule has 1 heterocycles. The maximum absolute atomic E-state index is 10.6. The number of nitro groups is 1. The van der Waals surface area contributed by atoms with Gasteiger partial charge in [0, 0.05) is 12.3 Å². The topological polar surface area (TPSA) is 87.0 Å². The average Bonchev–Trinajstić information content (AvgIpc) is 2.58. The Bertz CT molecular complexity index is 574. The van der Waals surface area contributed by atoms with Gasteiger partial charge < -0.3 is 5.73 Å². The van der Waals surface area contributed by atoms with Gasteiger partial charge >= 0.3 is 0 Å². The number of nitrogens with two attached hydrogens (primary N) is 1. The van der Waals surface area contributed by atoms with E-state index >= 15 is 0 Å². The van der Waals surface area contributed by atoms with E-state index in [4.69, 9.17) is 17.3 Å². The molecule has 88 valence electrons. The second kappa shape index (κ2) is 4.06. The summed E-state index contributed by atoms with van der Waals surface area (Å²) in [6.07, 6.45) is 1.62. The van der Waals surface area contributed by atoms with E-state index in [0.29, 0.717) is 16.4 Å². The molecule has 0 aliphatic heterocycles. The van der Waals surface area contributed by atoms with Crippen LogP contribution in [0.5, 0.6) is 0 Å². The van der Waals surface area contributed by atoms with Crippen molar-refractivity contribution < 1.29 is 4.92 Å². The van der Waals surface area contributed by atoms with E-state index in [9.17, 15) is 10.1 Å². The molecule has 0 atom stereocenters. The molecular formula is C10H9ClN4O2. The first-order valence-corrected chi connectivity index (χ1v) is 5.13. The summed E-state index contributed by atoms with van der Waals surface area (Å²) in [7, 11) is 0. The average molecular weight is 253 g/mol. The van der Waals surface area contributed by atoms with Crippen LogP contribution in [0.3, 0.4) is 0 Å². The largest absolute Gasteiger partial charge is 0.393 e. The van der Waals surface area contributed by atoms with Crippen LogP contribution in [0, 0.1) is 17.0 Å². The number of nitrogens with zero attached hydrogens (tertiary/aromatic N) is 3. The normalized spacial score (nSPS) is 10.5. The highest BCUT2D eigenvalue weighted by Crippen LogP contribution is 2.24. The van der Waals surface area contributed by atoms with Crippen molar-refractivity contribution in [2.75, 3.05) is 5.73 Å². The summed E-state index contributed by atoms with van der Waals surface area (Å²) >= 11 is 5.88. The quantitative estimate of drug-likeness (QED) is 0.505. The molecule has 0 saturated heterocycles. The van der Waals surface area contributed by atoms with Gasteiger partial charge in [-0.2, -0.15) is 5.10 Å². The monoisotopic (exact) mass is 252 g/mol. The molecule has 0 unspecified atom stereocenters. The number of rotatable bonds is 2. The Kier molecular flexibility index (Phi) is 2.72. The third-order valence-corrected chi connectivity index (χ3v) is 2.68. The van der Waals surface area contributed by atoms with Crippen molar-refractivity contribution in [2.45, 2.75) is 6.92 Å². The summed E-state index contributed by atoms with van der Waals surface area (Å²) in [5.41, 5.74) is 6.87. The van der Waals surface area contributed by atoms with Gasteiger partial charge in [-0.05, 0) is 19.1 Å². The van der Waals surface area contributed by atoms with Crippen LogP contribution >= 0.6 is 11.6 Å². The summed E-state index contributed by atoms with van der Waals surface area (Å²) in [6, 6.07) is 4.40. The molecule has 0 spiro atoms. The Morgan fingerprint density at radius 2 is 2.24 bits per heavy atom. The summed E-state index contributed by atoms with van der Waals surface area (Å²) in [5, 5.41) is 15.3. The van der Waals surface area contributed by atoms with E-state index in [1.807, 2.05) is 0 Å². The molecule has 0 saturated carbocycles. The van der Waals surface area contributed by atoms with Crippen molar-refractivity contribution in [1.29, 1.82) is 0 Å². The minimum absolute atomic E-state index is 0.0942. The van der Waals surface area contributed by atoms with Gasteiger partial charge in [-0.15, -0.1) is 0 Å². The smallest absolute Gasteiger partial charge is 0.292 e. The van der Waals surface area contributed by atoms with Gasteiger partial charge in [-0.3, -0.25) is 10.1 Å². The van der Waals surface area contributed by atoms with Crippen molar-refractivity contribution in [2.24, 2.45) is 0 Å². The van der Waals surface area contributed by atoms with E-state index in [1.165, 1.54) is 16.8 Å². The first-order chi connectivity index (χ1) is 7.99. The predicted molar refractivity (Wildman–Crippen MR) is 64.4 cm³/mol. The van der Waals surface area contributed by atoms with Crippen LogP contribution in [0.2, 0.25) is 5.02 Å². The Labute approximate surface area is 102 Å². The summed E-state index contributed by atoms with van der Waals surface area (Å²) < 4.78 is 1.53. The standard InChI is InChI=1S/C10H9ClN4O2/c1-6-8(11)5-14(13-6)7-2-3-10(15(16)17)9(12)4-7/h2-5H,12H2,1H3. The predicted octanol–water partition coefficient (Wildman–Crippen LogP) is 2.32. The first-order valence-electron chi connectivity index (χ1n) is 4.75. The lowest BCUT2D eigenvalue weighted by molar-refractivity contribution is -0.383. The van der Waals surface area contributed by atoms with Crippen LogP contribution in [0.4, 0.5) is 11.4 Å². The lowest BCUT2D eigenvalue weighted by Crippen LogP contribution is -2.00. The maximum atomic E-state index is 10.6. The Balaban J connectivity index is 2.47. The molecule has 0 radical (unpaired) electrons. The van der Waals surface area contributed by atoms with E-state index < -0.39 is 4.92 Å². The number of hydrogen-bond donors (Lipinski definition) is 1. The lowest BCUT2D eigenvalue weighted by Gasteiger charge is -2.02. The molecule has 6 nitrogen and oxygen atoms in total. The number of nitrogen functional groups attached to an aromatic ring is 1. The van der Waals surface area contributed by atoms with Gasteiger partial charge in [0.1, 0.15) is 5.69 Å². The third kappa shape index (κ3) is 2.07. The zero-order valence-electron chi connectivity index (χ0n) is 8.92. The number of halogens is 1. The van der Waals surface area contributed by atoms with Gasteiger partial charge in [0.05, 0.1) is 21.3 Å². The molecule has 2 N–H and O–H groups in total. The van der Waals surface area contributed by atoms with E-state index in [1.54, 1.807) is 19.2 Å². The van der Waals surface area contributed by atoms with Crippen LogP contribution in [0.15, 0.2) is 24.4 Å². The second-order valence-corrected chi connectivity index (χ2v) is 3.91. The zero-order valence-corrected chi connectivity index (χ0v) is 9.68. The number of benzene rings is 1. The van der Waals surface area contributed by atoms with Crippen LogP contribution in [0.25, 0.3) is 5.69 Å². The fraction of sp³-hybridized carbons (Fsp3) is 0.100. The molecule has 1 aromatic heterocycles. The summed E-state index contributed by atoms with van der Waals surface area (Å²) in [6.45, 7) is 1.77. The van der Waals surface area contributed by atoms with Gasteiger partial charge in [0.2, 0.25) is 0 Å². The van der Waals surface area contributed by atoms with Crippen LogP contribution in [0.1, 0.15) is 5.69 Å². The molecule has 2 aromatic rings. The van der Waals surface area contributed by atoms with Gasteiger partial charge in [0.25, 0.3) is 5.69 Å². The van der Waals surface area contributed by atoms with Crippen molar-refractivity contribution in [1.82, 2.24) is 9.78 Å². The van der Waals surface area contributed by atoms with E-state index in [2.05, 4.69) is 5.10 Å². The molecule has 0 amide bonds. The highest BCUT2D eigenvalue weighted by Gasteiger charge is 2.12. The SMILES string of the molecule is Cc1nn(-c2ccc([N+](=O)[O-])c(N)c2)cc1Cl. The molecule has 0 aliphatic rings. The molecule has 0 bridgehead atoms. The summed E-state index contributed by atoms with van der Waals surface area (Å²) in [5.74, 6) is 0. The number of aromatic nitrogens is 2. The molecule has 17 heavy (non-hydrogen) atoms. The van der Waals surface area contributed by atoms with Crippen molar-refractivity contribution >= 4 is 23.0 Å². The van der Waals surface area contributed by atoms with Gasteiger partial charge in [-0.25, -0.2) is 4.68 Å². The highest BCUT2D eigenvalue weighted by atomic mass is 35.5. The zero-order chi connectivity index (χ0) is 12.6. The fourth-order valence-electron chi connectivity index (χ4n) is 1.42. The lowest BCUT2D eigenvalue weighted by atomic mass is 10.2. The van der Waals surface area contributed by atoms with E-state index in [-0.39, 0.29) is 11.4 Å². The van der Waals surface area contributed by atoms with Crippen molar-refractivity contribution in [3.63, 3.8) is 0 Å². The number of nitro benzene ring substituents is 1. The van der Waals surface area contributed by atoms with Crippen LogP contribution in [-0.4, -0.2) is 14.7 Å². The first kappa shape index (κ1) is 11.4. The number of hydrogen-bond acceptors (Lipinski definition) is 4. The third-order valence-electron chi connectivity index (χ3n) is 2.31. The summed E-state index contributed by atoms with van der Waals surface area (Å²) in [4.78, 5) is 10.1. The second-order valence-electron chi connectivity index (χ2n) is 3.51. The molecule has 1 aromatic carbocycles. The van der Waals surface area contributed by atoms with Gasteiger partial charge in [-0.1, -0.05) is 11.6 Å². The number of anilines is 1. The molecule has 7 heteroatoms. The maximum Gasteiger partial charge on any atom is 0.292 e. The molecule has 0 fully saturated rings. The Hall–Kier alpha value is -2.08. The van der Waals surface area contributed by atoms with Crippen molar-refractivity contribution in [3.05, 3.63) is 45.2 Å². The van der Waals surface area contributed by atoms with Crippen LogP contribution in [-0.2, 0) is 0 Å². The van der Waals surface area contributed by atoms with E-state index in [0.717, 1.165) is 0 Å². The Morgan fingerprint density at radius 1 is 1.53 bits per heavy atom. The molecule has 2 rings (SSSR count). The minimum atomic E-state index is -0.527. The molecular weight excluding hydrogens is 244 g/mol. The fourth-order valence-corrected chi connectivity index (χ4v) is 1.55. The number of aryl methyl sites for hydroxylation is 1. The van der Waals surface area contributed by atoms with Gasteiger partial charge in [0.15, 0.2) is 0 Å². The van der Waals surface area contributed by atoms with Crippen molar-refractivity contribution in [3.8, 4) is 5.69 Å². The minimum Gasteiger partial charge on any atom is -0.393 e. The highest BCUT2D eigenvalue weighted by molar-refractivity contribution is 6.31. The van der Waals surface area contributed by atoms with Crippen LogP contribution < -0.4 is 5.73 Å².